The summed E-state index contributed by atoms with van der Waals surface area (Å²) >= 11 is 1.44. The van der Waals surface area contributed by atoms with Crippen molar-refractivity contribution in [2.24, 2.45) is 0 Å². The van der Waals surface area contributed by atoms with Crippen molar-refractivity contribution in [3.63, 3.8) is 0 Å². The summed E-state index contributed by atoms with van der Waals surface area (Å²) in [5, 5.41) is 0. The highest BCUT2D eigenvalue weighted by Gasteiger charge is 2.33. The van der Waals surface area contributed by atoms with Crippen LogP contribution in [0.1, 0.15) is 18.2 Å². The Morgan fingerprint density at radius 2 is 1.62 bits per heavy atom. The first-order chi connectivity index (χ1) is 15.1. The number of rotatable bonds is 4. The van der Waals surface area contributed by atoms with Gasteiger partial charge in [-0.05, 0) is 29.5 Å². The number of hydrogen-bond acceptors (Lipinski definition) is 4. The molecule has 0 atom stereocenters. The van der Waals surface area contributed by atoms with Crippen LogP contribution in [0.5, 0.6) is 0 Å². The minimum absolute atomic E-state index is 0.0726. The minimum Gasteiger partial charge on any atom is -0.290 e. The van der Waals surface area contributed by atoms with Gasteiger partial charge in [0.25, 0.3) is 0 Å². The number of hydrogen-bond donors (Lipinski definition) is 0. The van der Waals surface area contributed by atoms with E-state index in [9.17, 15) is 26.3 Å². The normalized spacial score (nSPS) is 12.5. The van der Waals surface area contributed by atoms with Crippen LogP contribution < -0.4 is 0 Å². The summed E-state index contributed by atoms with van der Waals surface area (Å²) in [5.74, 6) is 0.679. The van der Waals surface area contributed by atoms with Gasteiger partial charge in [0.2, 0.25) is 0 Å². The number of thioether (sulfide) groups is 1. The molecule has 0 radical (unpaired) electrons. The number of pyridine rings is 1. The van der Waals surface area contributed by atoms with E-state index in [-0.39, 0.29) is 5.65 Å². The second-order valence-electron chi connectivity index (χ2n) is 6.74. The maximum absolute atomic E-state index is 12.9. The lowest BCUT2D eigenvalue weighted by atomic mass is 10.0. The van der Waals surface area contributed by atoms with Crippen LogP contribution in [-0.4, -0.2) is 25.1 Å². The summed E-state index contributed by atoms with van der Waals surface area (Å²) < 4.78 is 78.6. The summed E-state index contributed by atoms with van der Waals surface area (Å²) in [6, 6.07) is 7.38. The van der Waals surface area contributed by atoms with E-state index >= 15 is 0 Å². The van der Waals surface area contributed by atoms with Gasteiger partial charge in [-0.25, -0.2) is 9.97 Å². The van der Waals surface area contributed by atoms with Gasteiger partial charge in [-0.1, -0.05) is 19.1 Å². The van der Waals surface area contributed by atoms with E-state index in [1.165, 1.54) is 40.7 Å². The molecule has 0 saturated heterocycles. The van der Waals surface area contributed by atoms with Gasteiger partial charge in [0.05, 0.1) is 5.56 Å². The van der Waals surface area contributed by atoms with Gasteiger partial charge in [0.15, 0.2) is 0 Å². The van der Waals surface area contributed by atoms with Gasteiger partial charge in [-0.15, -0.1) is 11.8 Å². The molecule has 166 valence electrons. The lowest BCUT2D eigenvalue weighted by Crippen LogP contribution is -2.08. The monoisotopic (exact) mass is 468 g/mol. The Bertz CT molecular complexity index is 1260. The summed E-state index contributed by atoms with van der Waals surface area (Å²) in [6.07, 6.45) is -4.94. The lowest BCUT2D eigenvalue weighted by molar-refractivity contribution is -0.141. The average Bonchev–Trinajstić information content (AvgIpc) is 3.16. The van der Waals surface area contributed by atoms with Crippen LogP contribution >= 0.6 is 11.8 Å². The van der Waals surface area contributed by atoms with Crippen LogP contribution in [0.3, 0.4) is 0 Å². The summed E-state index contributed by atoms with van der Waals surface area (Å²) in [6.45, 7) is 1.92. The van der Waals surface area contributed by atoms with Crippen molar-refractivity contribution in [1.82, 2.24) is 19.4 Å². The number of halogens is 6. The quantitative estimate of drug-likeness (QED) is 0.250. The Hall–Kier alpha value is -3.08. The Balaban J connectivity index is 1.73. The number of fused-ring (bicyclic) bond motifs is 1. The molecule has 0 aliphatic heterocycles. The molecule has 4 rings (SSSR count). The van der Waals surface area contributed by atoms with E-state index in [1.807, 2.05) is 6.92 Å². The third kappa shape index (κ3) is 4.43. The summed E-state index contributed by atoms with van der Waals surface area (Å²) in [7, 11) is 0. The zero-order valence-electron chi connectivity index (χ0n) is 16.4. The van der Waals surface area contributed by atoms with Crippen LogP contribution in [0, 0.1) is 0 Å². The Labute approximate surface area is 182 Å². The maximum Gasteiger partial charge on any atom is 0.433 e. The van der Waals surface area contributed by atoms with Crippen molar-refractivity contribution < 1.29 is 26.3 Å². The predicted octanol–water partition coefficient (Wildman–Crippen LogP) is 6.61. The molecule has 0 bridgehead atoms. The summed E-state index contributed by atoms with van der Waals surface area (Å²) in [5.41, 5.74) is 0.280. The van der Waals surface area contributed by atoms with Crippen molar-refractivity contribution in [1.29, 1.82) is 0 Å². The molecule has 0 fully saturated rings. The molecule has 0 N–H and O–H groups in total. The number of benzene rings is 1. The molecule has 4 nitrogen and oxygen atoms in total. The van der Waals surface area contributed by atoms with Gasteiger partial charge < -0.3 is 0 Å². The van der Waals surface area contributed by atoms with Crippen LogP contribution in [0.2, 0.25) is 0 Å². The highest BCUT2D eigenvalue weighted by atomic mass is 32.2. The van der Waals surface area contributed by atoms with Crippen molar-refractivity contribution >= 4 is 17.4 Å². The second kappa shape index (κ2) is 8.12. The van der Waals surface area contributed by atoms with Crippen LogP contribution in [0.25, 0.3) is 28.2 Å². The van der Waals surface area contributed by atoms with Crippen molar-refractivity contribution in [2.45, 2.75) is 24.2 Å². The second-order valence-corrected chi connectivity index (χ2v) is 8.05. The fourth-order valence-electron chi connectivity index (χ4n) is 3.07. The fourth-order valence-corrected chi connectivity index (χ4v) is 3.89. The molecule has 32 heavy (non-hydrogen) atoms. The van der Waals surface area contributed by atoms with Crippen LogP contribution in [0.4, 0.5) is 26.3 Å². The number of aromatic nitrogens is 4. The molecule has 0 saturated carbocycles. The molecule has 3 heterocycles. The zero-order valence-corrected chi connectivity index (χ0v) is 17.2. The topological polar surface area (TPSA) is 43.1 Å². The smallest absolute Gasteiger partial charge is 0.290 e. The first-order valence-electron chi connectivity index (χ1n) is 9.29. The van der Waals surface area contributed by atoms with Crippen molar-refractivity contribution in [3.8, 4) is 22.5 Å². The number of nitrogens with zero attached hydrogens (tertiary/aromatic N) is 4. The molecular weight excluding hydrogens is 454 g/mol. The molecule has 0 spiro atoms. The SMILES string of the molecule is CCSc1cc(-c2ccc(C(F)(F)F)cc2)cnc1-c1cn2cnc(C(F)(F)F)cc2n1. The van der Waals surface area contributed by atoms with Crippen LogP contribution in [-0.2, 0) is 12.4 Å². The van der Waals surface area contributed by atoms with Gasteiger partial charge in [0.1, 0.15) is 29.1 Å². The highest BCUT2D eigenvalue weighted by Crippen LogP contribution is 2.35. The number of imidazole rings is 1. The Morgan fingerprint density at radius 1 is 0.906 bits per heavy atom. The maximum atomic E-state index is 12.9. The third-order valence-electron chi connectivity index (χ3n) is 4.58. The van der Waals surface area contributed by atoms with Gasteiger partial charge >= 0.3 is 12.4 Å². The fraction of sp³-hybridized carbons (Fsp3) is 0.190. The zero-order chi connectivity index (χ0) is 23.1. The summed E-state index contributed by atoms with van der Waals surface area (Å²) in [4.78, 5) is 12.8. The molecule has 4 aromatic rings. The standard InChI is InChI=1S/C21H14F6N4S/c1-2-32-16-7-13(12-3-5-14(6-4-12)20(22,23)24)9-28-19(16)15-10-31-11-29-17(21(25,26)27)8-18(31)30-15/h3-11H,2H2,1H3. The van der Waals surface area contributed by atoms with E-state index in [0.29, 0.717) is 33.2 Å². The lowest BCUT2D eigenvalue weighted by Gasteiger charge is -2.10. The first kappa shape index (κ1) is 22.1. The Morgan fingerprint density at radius 3 is 2.25 bits per heavy atom. The first-order valence-corrected chi connectivity index (χ1v) is 10.3. The third-order valence-corrected chi connectivity index (χ3v) is 5.49. The molecule has 1 aromatic carbocycles. The van der Waals surface area contributed by atoms with Gasteiger partial charge in [0, 0.05) is 28.9 Å². The molecular formula is C21H14F6N4S. The molecule has 0 amide bonds. The van der Waals surface area contributed by atoms with E-state index in [2.05, 4.69) is 15.0 Å². The van der Waals surface area contributed by atoms with Crippen molar-refractivity contribution in [2.75, 3.05) is 5.75 Å². The van der Waals surface area contributed by atoms with E-state index in [4.69, 9.17) is 0 Å². The average molecular weight is 468 g/mol. The van der Waals surface area contributed by atoms with Gasteiger partial charge in [-0.2, -0.15) is 26.3 Å². The molecule has 11 heteroatoms. The molecule has 3 aromatic heterocycles. The molecule has 0 unspecified atom stereocenters. The van der Waals surface area contributed by atoms with Gasteiger partial charge in [-0.3, -0.25) is 9.38 Å². The molecule has 0 aliphatic carbocycles. The molecule has 0 aliphatic rings. The Kier molecular flexibility index (Phi) is 5.61. The van der Waals surface area contributed by atoms with E-state index in [0.717, 1.165) is 24.5 Å². The minimum atomic E-state index is -4.58. The number of alkyl halides is 6. The van der Waals surface area contributed by atoms with E-state index in [1.54, 1.807) is 6.07 Å². The predicted molar refractivity (Wildman–Crippen MR) is 108 cm³/mol. The van der Waals surface area contributed by atoms with E-state index < -0.39 is 23.6 Å². The van der Waals surface area contributed by atoms with Crippen molar-refractivity contribution in [3.05, 3.63) is 66.4 Å². The van der Waals surface area contributed by atoms with Crippen LogP contribution in [0.15, 0.2) is 60.0 Å². The largest absolute Gasteiger partial charge is 0.433 e. The highest BCUT2D eigenvalue weighted by molar-refractivity contribution is 7.99.